The number of nitrogens with zero attached hydrogens (tertiary/aromatic N) is 4. The average molecular weight is 299 g/mol. The van der Waals surface area contributed by atoms with Gasteiger partial charge in [0.2, 0.25) is 5.95 Å². The third kappa shape index (κ3) is 2.73. The van der Waals surface area contributed by atoms with Crippen LogP contribution in [0.25, 0.3) is 11.3 Å². The van der Waals surface area contributed by atoms with Gasteiger partial charge in [-0.1, -0.05) is 0 Å². The van der Waals surface area contributed by atoms with E-state index < -0.39 is 5.82 Å². The molecule has 0 fully saturated rings. The number of aryl methyl sites for hydroxylation is 2. The highest BCUT2D eigenvalue weighted by atomic mass is 19.1. The molecule has 0 aliphatic rings. The van der Waals surface area contributed by atoms with Crippen LogP contribution in [0.2, 0.25) is 0 Å². The van der Waals surface area contributed by atoms with Crippen LogP contribution in [-0.4, -0.2) is 24.9 Å². The Morgan fingerprint density at radius 3 is 2.77 bits per heavy atom. The van der Waals surface area contributed by atoms with Crippen LogP contribution in [-0.2, 0) is 7.05 Å². The lowest BCUT2D eigenvalue weighted by molar-refractivity contribution is 0.432. The lowest BCUT2D eigenvalue weighted by Crippen LogP contribution is -1.99. The molecule has 0 spiro atoms. The van der Waals surface area contributed by atoms with E-state index in [1.54, 1.807) is 29.3 Å². The van der Waals surface area contributed by atoms with Crippen LogP contribution in [0, 0.1) is 12.7 Å². The van der Waals surface area contributed by atoms with Crippen molar-refractivity contribution in [3.05, 3.63) is 48.2 Å². The second kappa shape index (κ2) is 5.44. The maximum Gasteiger partial charge on any atom is 0.227 e. The Bertz CT molecular complexity index is 831. The van der Waals surface area contributed by atoms with Crippen LogP contribution >= 0.6 is 0 Å². The van der Waals surface area contributed by atoms with E-state index in [1.807, 2.05) is 14.0 Å². The molecule has 0 aliphatic heterocycles. The van der Waals surface area contributed by atoms with Crippen LogP contribution in [0.1, 0.15) is 5.56 Å². The largest absolute Gasteiger partial charge is 0.505 e. The molecule has 0 atom stereocenters. The fourth-order valence-electron chi connectivity index (χ4n) is 2.06. The van der Waals surface area contributed by atoms with Gasteiger partial charge in [-0.05, 0) is 30.7 Å². The van der Waals surface area contributed by atoms with E-state index in [-0.39, 0.29) is 5.75 Å². The average Bonchev–Trinajstić information content (AvgIpc) is 2.89. The standard InChI is InChI=1S/C15H14FN5O/c1-9-6-17-15(19-11-7-18-21(2)8-11)20-14(9)10-3-4-13(22)12(16)5-10/h3-8,22H,1-2H3,(H,17,19,20). The van der Waals surface area contributed by atoms with Gasteiger partial charge in [-0.2, -0.15) is 5.10 Å². The Morgan fingerprint density at radius 2 is 2.09 bits per heavy atom. The molecule has 0 saturated carbocycles. The Hall–Kier alpha value is -2.96. The van der Waals surface area contributed by atoms with Gasteiger partial charge in [0.05, 0.1) is 17.6 Å². The van der Waals surface area contributed by atoms with Gasteiger partial charge in [-0.25, -0.2) is 14.4 Å². The number of hydrogen-bond donors (Lipinski definition) is 2. The summed E-state index contributed by atoms with van der Waals surface area (Å²) in [4.78, 5) is 8.62. The Balaban J connectivity index is 1.97. The monoisotopic (exact) mass is 299 g/mol. The molecule has 2 aromatic heterocycles. The number of anilines is 2. The molecule has 0 bridgehead atoms. The topological polar surface area (TPSA) is 75.9 Å². The third-order valence-corrected chi connectivity index (χ3v) is 3.15. The summed E-state index contributed by atoms with van der Waals surface area (Å²) < 4.78 is 15.2. The molecule has 2 heterocycles. The molecule has 6 nitrogen and oxygen atoms in total. The smallest absolute Gasteiger partial charge is 0.227 e. The van der Waals surface area contributed by atoms with E-state index in [2.05, 4.69) is 20.4 Å². The van der Waals surface area contributed by atoms with Crippen molar-refractivity contribution in [2.75, 3.05) is 5.32 Å². The number of phenolic OH excluding ortho intramolecular Hbond substituents is 1. The summed E-state index contributed by atoms with van der Waals surface area (Å²) in [6.07, 6.45) is 5.11. The second-order valence-electron chi connectivity index (χ2n) is 4.92. The number of nitrogens with one attached hydrogen (secondary N) is 1. The van der Waals surface area contributed by atoms with Crippen molar-refractivity contribution in [2.24, 2.45) is 7.05 Å². The second-order valence-corrected chi connectivity index (χ2v) is 4.92. The fourth-order valence-corrected chi connectivity index (χ4v) is 2.06. The van der Waals surface area contributed by atoms with Crippen LogP contribution < -0.4 is 5.32 Å². The Morgan fingerprint density at radius 1 is 1.27 bits per heavy atom. The molecule has 3 aromatic rings. The predicted molar refractivity (Wildman–Crippen MR) is 80.3 cm³/mol. The van der Waals surface area contributed by atoms with Crippen molar-refractivity contribution in [2.45, 2.75) is 6.92 Å². The van der Waals surface area contributed by atoms with E-state index in [0.717, 1.165) is 11.3 Å². The third-order valence-electron chi connectivity index (χ3n) is 3.15. The molecule has 0 unspecified atom stereocenters. The zero-order chi connectivity index (χ0) is 15.7. The first-order valence-electron chi connectivity index (χ1n) is 6.61. The quantitative estimate of drug-likeness (QED) is 0.777. The summed E-state index contributed by atoms with van der Waals surface area (Å²) in [5.41, 5.74) is 2.74. The molecule has 0 aliphatic carbocycles. The van der Waals surface area contributed by atoms with E-state index in [9.17, 15) is 9.50 Å². The number of aromatic hydroxyl groups is 1. The summed E-state index contributed by atoms with van der Waals surface area (Å²) in [5, 5.41) is 16.4. The number of halogens is 1. The fraction of sp³-hybridized carbons (Fsp3) is 0.133. The van der Waals surface area contributed by atoms with Crippen molar-refractivity contribution in [1.29, 1.82) is 0 Å². The summed E-state index contributed by atoms with van der Waals surface area (Å²) >= 11 is 0. The summed E-state index contributed by atoms with van der Waals surface area (Å²) in [6.45, 7) is 1.84. The van der Waals surface area contributed by atoms with Gasteiger partial charge in [-0.15, -0.1) is 0 Å². The minimum atomic E-state index is -0.683. The molecule has 1 aromatic carbocycles. The van der Waals surface area contributed by atoms with Gasteiger partial charge in [0, 0.05) is 25.0 Å². The van der Waals surface area contributed by atoms with Gasteiger partial charge < -0.3 is 10.4 Å². The van der Waals surface area contributed by atoms with E-state index in [0.29, 0.717) is 17.2 Å². The molecule has 0 radical (unpaired) electrons. The Kier molecular flexibility index (Phi) is 3.46. The predicted octanol–water partition coefficient (Wildman–Crippen LogP) is 2.77. The molecular formula is C15H14FN5O. The Labute approximate surface area is 126 Å². The molecule has 3 rings (SSSR count). The zero-order valence-electron chi connectivity index (χ0n) is 12.1. The van der Waals surface area contributed by atoms with Crippen molar-refractivity contribution in [3.8, 4) is 17.0 Å². The molecule has 7 heteroatoms. The molecule has 0 amide bonds. The summed E-state index contributed by atoms with van der Waals surface area (Å²) in [5.74, 6) is -0.677. The van der Waals surface area contributed by atoms with Gasteiger partial charge in [0.15, 0.2) is 11.6 Å². The molecular weight excluding hydrogens is 285 g/mol. The number of rotatable bonds is 3. The lowest BCUT2D eigenvalue weighted by atomic mass is 10.1. The van der Waals surface area contributed by atoms with E-state index >= 15 is 0 Å². The van der Waals surface area contributed by atoms with Crippen LogP contribution in [0.15, 0.2) is 36.8 Å². The van der Waals surface area contributed by atoms with Gasteiger partial charge in [0.25, 0.3) is 0 Å². The van der Waals surface area contributed by atoms with Crippen LogP contribution in [0.4, 0.5) is 16.0 Å². The van der Waals surface area contributed by atoms with Gasteiger partial charge >= 0.3 is 0 Å². The first-order chi connectivity index (χ1) is 10.5. The first-order valence-corrected chi connectivity index (χ1v) is 6.61. The molecule has 2 N–H and O–H groups in total. The van der Waals surface area contributed by atoms with Crippen LogP contribution in [0.5, 0.6) is 5.75 Å². The highest BCUT2D eigenvalue weighted by molar-refractivity contribution is 5.65. The van der Waals surface area contributed by atoms with Gasteiger partial charge in [-0.3, -0.25) is 4.68 Å². The SMILES string of the molecule is Cc1cnc(Nc2cnn(C)c2)nc1-c1ccc(O)c(F)c1. The molecule has 112 valence electrons. The maximum atomic E-state index is 13.5. The maximum absolute atomic E-state index is 13.5. The number of phenols is 1. The lowest BCUT2D eigenvalue weighted by Gasteiger charge is -2.08. The minimum Gasteiger partial charge on any atom is -0.505 e. The number of benzene rings is 1. The van der Waals surface area contributed by atoms with E-state index in [1.165, 1.54) is 12.1 Å². The van der Waals surface area contributed by atoms with Crippen molar-refractivity contribution in [1.82, 2.24) is 19.7 Å². The van der Waals surface area contributed by atoms with Crippen molar-refractivity contribution < 1.29 is 9.50 Å². The van der Waals surface area contributed by atoms with E-state index in [4.69, 9.17) is 0 Å². The minimum absolute atomic E-state index is 0.385. The summed E-state index contributed by atoms with van der Waals surface area (Å²) in [6, 6.07) is 4.17. The number of aromatic nitrogens is 4. The summed E-state index contributed by atoms with van der Waals surface area (Å²) in [7, 11) is 1.81. The van der Waals surface area contributed by atoms with Gasteiger partial charge in [0.1, 0.15) is 0 Å². The zero-order valence-corrected chi connectivity index (χ0v) is 12.1. The van der Waals surface area contributed by atoms with Crippen LogP contribution in [0.3, 0.4) is 0 Å². The van der Waals surface area contributed by atoms with Crippen molar-refractivity contribution >= 4 is 11.6 Å². The normalized spacial score (nSPS) is 10.7. The molecule has 0 saturated heterocycles. The highest BCUT2D eigenvalue weighted by Crippen LogP contribution is 2.26. The molecule has 22 heavy (non-hydrogen) atoms. The van der Waals surface area contributed by atoms with Crippen molar-refractivity contribution in [3.63, 3.8) is 0 Å². The first kappa shape index (κ1) is 14.0. The highest BCUT2D eigenvalue weighted by Gasteiger charge is 2.10. The number of hydrogen-bond acceptors (Lipinski definition) is 5.